The smallest absolute Gasteiger partial charge is 0.315 e. The first-order valence-electron chi connectivity index (χ1n) is 5.18. The van der Waals surface area contributed by atoms with Crippen molar-refractivity contribution in [2.24, 2.45) is 0 Å². The molecule has 1 amide bonds. The van der Waals surface area contributed by atoms with Crippen LogP contribution in [0.4, 0.5) is 0 Å². The van der Waals surface area contributed by atoms with Gasteiger partial charge in [-0.05, 0) is 26.2 Å². The zero-order chi connectivity index (χ0) is 11.3. The molecule has 0 saturated heterocycles. The predicted molar refractivity (Wildman–Crippen MR) is 56.2 cm³/mol. The average Bonchev–Trinajstić information content (AvgIpc) is 2.64. The predicted octanol–water partition coefficient (Wildman–Crippen LogP) is 1.16. The largest absolute Gasteiger partial charge is 0.469 e. The van der Waals surface area contributed by atoms with Crippen molar-refractivity contribution >= 4 is 11.9 Å². The van der Waals surface area contributed by atoms with Gasteiger partial charge in [0.05, 0.1) is 13.2 Å². The normalized spacial score (nSPS) is 22.8. The van der Waals surface area contributed by atoms with Crippen LogP contribution < -0.4 is 5.32 Å². The summed E-state index contributed by atoms with van der Waals surface area (Å²) < 4.78 is 4.42. The van der Waals surface area contributed by atoms with Gasteiger partial charge in [0.15, 0.2) is 0 Å². The van der Waals surface area contributed by atoms with E-state index in [1.54, 1.807) is 0 Å². The fourth-order valence-corrected chi connectivity index (χ4v) is 1.83. The third kappa shape index (κ3) is 3.38. The number of methoxy groups -OCH3 is 1. The number of carbonyl (C=O) groups is 2. The van der Waals surface area contributed by atoms with E-state index in [0.717, 1.165) is 19.3 Å². The van der Waals surface area contributed by atoms with Gasteiger partial charge in [0, 0.05) is 0 Å². The summed E-state index contributed by atoms with van der Waals surface area (Å²) in [6.07, 6.45) is 4.95. The minimum absolute atomic E-state index is 0.118. The molecule has 0 radical (unpaired) electrons. The highest BCUT2D eigenvalue weighted by molar-refractivity contribution is 5.94. The highest BCUT2D eigenvalue weighted by atomic mass is 16.5. The van der Waals surface area contributed by atoms with Crippen LogP contribution in [0.1, 0.15) is 32.6 Å². The Kier molecular flexibility index (Phi) is 4.34. The lowest BCUT2D eigenvalue weighted by molar-refractivity contribution is -0.143. The maximum Gasteiger partial charge on any atom is 0.315 e. The number of esters is 1. The van der Waals surface area contributed by atoms with Crippen molar-refractivity contribution in [2.75, 3.05) is 7.11 Å². The first-order valence-corrected chi connectivity index (χ1v) is 5.18. The summed E-state index contributed by atoms with van der Waals surface area (Å²) in [5.41, 5.74) is 1.26. The van der Waals surface area contributed by atoms with E-state index in [9.17, 15) is 9.59 Å². The van der Waals surface area contributed by atoms with Crippen molar-refractivity contribution in [3.8, 4) is 0 Å². The minimum Gasteiger partial charge on any atom is -0.469 e. The van der Waals surface area contributed by atoms with Crippen LogP contribution in [-0.2, 0) is 14.3 Å². The van der Waals surface area contributed by atoms with Gasteiger partial charge < -0.3 is 10.1 Å². The van der Waals surface area contributed by atoms with Gasteiger partial charge in [-0.15, -0.1) is 0 Å². The molecule has 0 aromatic heterocycles. The molecule has 1 fully saturated rings. The number of allylic oxidation sites excluding steroid dienone is 1. The Hall–Kier alpha value is -1.32. The fraction of sp³-hybridized carbons (Fsp3) is 0.636. The highest BCUT2D eigenvalue weighted by Gasteiger charge is 2.22. The van der Waals surface area contributed by atoms with Crippen molar-refractivity contribution in [2.45, 2.75) is 38.6 Å². The monoisotopic (exact) mass is 211 g/mol. The van der Waals surface area contributed by atoms with Crippen molar-refractivity contribution in [1.82, 2.24) is 5.32 Å². The molecule has 0 heterocycles. The first kappa shape index (κ1) is 11.8. The lowest BCUT2D eigenvalue weighted by Crippen LogP contribution is -2.35. The second-order valence-electron chi connectivity index (χ2n) is 3.63. The zero-order valence-corrected chi connectivity index (χ0v) is 9.21. The molecule has 1 N–H and O–H groups in total. The molecule has 1 saturated carbocycles. The number of hydrogen-bond acceptors (Lipinski definition) is 3. The Balaban J connectivity index is 2.41. The van der Waals surface area contributed by atoms with Crippen LogP contribution >= 0.6 is 0 Å². The lowest BCUT2D eigenvalue weighted by Gasteiger charge is -2.13. The first-order chi connectivity index (χ1) is 7.17. The molecular weight excluding hydrogens is 194 g/mol. The number of carbonyl (C=O) groups excluding carboxylic acids is 2. The van der Waals surface area contributed by atoms with E-state index in [1.807, 2.05) is 13.0 Å². The molecule has 15 heavy (non-hydrogen) atoms. The summed E-state index contributed by atoms with van der Waals surface area (Å²) >= 11 is 0. The molecule has 1 aliphatic carbocycles. The topological polar surface area (TPSA) is 55.4 Å². The Morgan fingerprint density at radius 3 is 2.93 bits per heavy atom. The average molecular weight is 211 g/mol. The van der Waals surface area contributed by atoms with E-state index < -0.39 is 5.97 Å². The lowest BCUT2D eigenvalue weighted by atomic mass is 10.1. The molecule has 1 aliphatic rings. The molecule has 1 atom stereocenters. The molecular formula is C11H17NO3. The molecule has 0 spiro atoms. The van der Waals surface area contributed by atoms with Gasteiger partial charge in [-0.3, -0.25) is 9.59 Å². The molecule has 1 rings (SSSR count). The Labute approximate surface area is 89.7 Å². The van der Waals surface area contributed by atoms with Crippen molar-refractivity contribution < 1.29 is 14.3 Å². The number of ether oxygens (including phenoxy) is 1. The molecule has 4 nitrogen and oxygen atoms in total. The number of hydrogen-bond donors (Lipinski definition) is 1. The number of nitrogens with one attached hydrogen (secondary N) is 1. The number of amides is 1. The van der Waals surface area contributed by atoms with Gasteiger partial charge in [-0.1, -0.05) is 11.6 Å². The van der Waals surface area contributed by atoms with Crippen LogP contribution in [0, 0.1) is 0 Å². The maximum atomic E-state index is 11.4. The maximum absolute atomic E-state index is 11.4. The van der Waals surface area contributed by atoms with Crippen molar-refractivity contribution in [3.63, 3.8) is 0 Å². The molecule has 4 heteroatoms. The third-order valence-corrected chi connectivity index (χ3v) is 2.64. The summed E-state index contributed by atoms with van der Waals surface area (Å²) in [6, 6.07) is 0.118. The van der Waals surface area contributed by atoms with Crippen LogP contribution in [0.25, 0.3) is 0 Å². The standard InChI is InChI=1S/C11H17NO3/c1-3-8-5-4-6-9(8)12-10(13)7-11(14)15-2/h3,9H,4-7H2,1-2H3,(H,12,13). The second-order valence-corrected chi connectivity index (χ2v) is 3.63. The fourth-order valence-electron chi connectivity index (χ4n) is 1.83. The number of rotatable bonds is 3. The van der Waals surface area contributed by atoms with Gasteiger partial charge in [-0.2, -0.15) is 0 Å². The van der Waals surface area contributed by atoms with Crippen LogP contribution in [0.5, 0.6) is 0 Å². The summed E-state index contributed by atoms with van der Waals surface area (Å²) in [6.45, 7) is 1.97. The SMILES string of the molecule is CC=C1CCCC1NC(=O)CC(=O)OC. The van der Waals surface area contributed by atoms with Gasteiger partial charge >= 0.3 is 5.97 Å². The Morgan fingerprint density at radius 2 is 2.33 bits per heavy atom. The van der Waals surface area contributed by atoms with E-state index in [0.29, 0.717) is 0 Å². The van der Waals surface area contributed by atoms with Gasteiger partial charge in [0.1, 0.15) is 6.42 Å². The summed E-state index contributed by atoms with van der Waals surface area (Å²) in [4.78, 5) is 22.2. The van der Waals surface area contributed by atoms with E-state index in [1.165, 1.54) is 12.7 Å². The Bertz CT molecular complexity index is 284. The van der Waals surface area contributed by atoms with E-state index in [2.05, 4.69) is 10.1 Å². The van der Waals surface area contributed by atoms with Crippen LogP contribution in [0.2, 0.25) is 0 Å². The molecule has 1 unspecified atom stereocenters. The van der Waals surface area contributed by atoms with E-state index in [-0.39, 0.29) is 18.4 Å². The second kappa shape index (κ2) is 5.53. The molecule has 0 bridgehead atoms. The van der Waals surface area contributed by atoms with Crippen LogP contribution in [0.15, 0.2) is 11.6 Å². The minimum atomic E-state index is -0.493. The van der Waals surface area contributed by atoms with Crippen LogP contribution in [0.3, 0.4) is 0 Å². The quantitative estimate of drug-likeness (QED) is 0.433. The molecule has 0 aliphatic heterocycles. The summed E-state index contributed by atoms with van der Waals surface area (Å²) in [5, 5.41) is 2.84. The van der Waals surface area contributed by atoms with E-state index >= 15 is 0 Å². The summed E-state index contributed by atoms with van der Waals surface area (Å²) in [5.74, 6) is -0.749. The Morgan fingerprint density at radius 1 is 1.60 bits per heavy atom. The zero-order valence-electron chi connectivity index (χ0n) is 9.21. The van der Waals surface area contributed by atoms with Crippen molar-refractivity contribution in [1.29, 1.82) is 0 Å². The van der Waals surface area contributed by atoms with Crippen LogP contribution in [-0.4, -0.2) is 25.0 Å². The van der Waals surface area contributed by atoms with Gasteiger partial charge in [0.25, 0.3) is 0 Å². The molecule has 0 aromatic carbocycles. The van der Waals surface area contributed by atoms with Gasteiger partial charge in [0.2, 0.25) is 5.91 Å². The third-order valence-electron chi connectivity index (χ3n) is 2.64. The van der Waals surface area contributed by atoms with E-state index in [4.69, 9.17) is 0 Å². The van der Waals surface area contributed by atoms with Gasteiger partial charge in [-0.25, -0.2) is 0 Å². The molecule has 0 aromatic rings. The summed E-state index contributed by atoms with van der Waals surface area (Å²) in [7, 11) is 1.28. The van der Waals surface area contributed by atoms with Crippen molar-refractivity contribution in [3.05, 3.63) is 11.6 Å². The highest BCUT2D eigenvalue weighted by Crippen LogP contribution is 2.24. The molecule has 84 valence electrons.